The molecule has 4 rings (SSSR count). The van der Waals surface area contributed by atoms with E-state index in [1.54, 1.807) is 16.9 Å². The molecule has 2 aliphatic rings. The second-order valence-electron chi connectivity index (χ2n) is 9.71. The van der Waals surface area contributed by atoms with Crippen LogP contribution in [-0.4, -0.2) is 67.0 Å². The number of halogens is 1. The van der Waals surface area contributed by atoms with E-state index in [2.05, 4.69) is 19.2 Å². The zero-order valence-corrected chi connectivity index (χ0v) is 22.6. The standard InChI is InChI=1S/C28H35ClN4O4/c1-5-37-24-16-21(36-4)11-12-22(24)27-31-23(13-6-18(2)3)26(19-7-9-20(29)10-8-19)33(27)28(35)32-15-14-30-25(34)17-32/h7-12,16,18,23,26H,5-6,13-15,17H2,1-4H3,(H,30,34). The first kappa shape index (κ1) is 26.8. The average Bonchev–Trinajstić information content (AvgIpc) is 3.26. The molecule has 0 radical (unpaired) electrons. The highest BCUT2D eigenvalue weighted by Gasteiger charge is 2.44. The van der Waals surface area contributed by atoms with Gasteiger partial charge in [-0.25, -0.2) is 4.79 Å². The molecule has 0 bridgehead atoms. The number of piperazine rings is 1. The maximum Gasteiger partial charge on any atom is 0.326 e. The van der Waals surface area contributed by atoms with Gasteiger partial charge in [0.05, 0.1) is 31.4 Å². The van der Waals surface area contributed by atoms with E-state index in [1.807, 2.05) is 49.4 Å². The number of benzene rings is 2. The van der Waals surface area contributed by atoms with Crippen molar-refractivity contribution in [3.63, 3.8) is 0 Å². The van der Waals surface area contributed by atoms with E-state index in [1.165, 1.54) is 0 Å². The fourth-order valence-electron chi connectivity index (χ4n) is 4.80. The molecule has 198 valence electrons. The molecule has 2 atom stereocenters. The molecule has 9 heteroatoms. The first-order valence-corrected chi connectivity index (χ1v) is 13.2. The Labute approximate surface area is 223 Å². The zero-order chi connectivity index (χ0) is 26.5. The summed E-state index contributed by atoms with van der Waals surface area (Å²) in [7, 11) is 1.60. The third-order valence-electron chi connectivity index (χ3n) is 6.65. The second kappa shape index (κ2) is 11.9. The Morgan fingerprint density at radius 3 is 2.62 bits per heavy atom. The molecule has 2 heterocycles. The zero-order valence-electron chi connectivity index (χ0n) is 21.9. The van der Waals surface area contributed by atoms with Crippen molar-refractivity contribution < 1.29 is 19.1 Å². The Balaban J connectivity index is 1.84. The van der Waals surface area contributed by atoms with E-state index in [4.69, 9.17) is 26.1 Å². The first-order chi connectivity index (χ1) is 17.8. The van der Waals surface area contributed by atoms with Crippen LogP contribution in [0.15, 0.2) is 47.5 Å². The highest BCUT2D eigenvalue weighted by molar-refractivity contribution is 6.30. The minimum absolute atomic E-state index is 0.00748. The van der Waals surface area contributed by atoms with Gasteiger partial charge >= 0.3 is 6.03 Å². The topological polar surface area (TPSA) is 83.5 Å². The van der Waals surface area contributed by atoms with Crippen LogP contribution < -0.4 is 14.8 Å². The largest absolute Gasteiger partial charge is 0.497 e. The fraction of sp³-hybridized carbons (Fsp3) is 0.464. The molecule has 2 aromatic carbocycles. The SMILES string of the molecule is CCOc1cc(OC)ccc1C1=NC(CCC(C)C)C(c2ccc(Cl)cc2)N1C(=O)N1CCNC(=O)C1. The van der Waals surface area contributed by atoms with Gasteiger partial charge in [0.25, 0.3) is 0 Å². The lowest BCUT2D eigenvalue weighted by atomic mass is 9.93. The lowest BCUT2D eigenvalue weighted by Crippen LogP contribution is -2.55. The summed E-state index contributed by atoms with van der Waals surface area (Å²) in [6, 6.07) is 12.4. The van der Waals surface area contributed by atoms with Gasteiger partial charge in [-0.15, -0.1) is 0 Å². The summed E-state index contributed by atoms with van der Waals surface area (Å²) in [4.78, 5) is 34.8. The van der Waals surface area contributed by atoms with Crippen molar-refractivity contribution in [2.45, 2.75) is 45.7 Å². The molecule has 37 heavy (non-hydrogen) atoms. The molecule has 2 aromatic rings. The van der Waals surface area contributed by atoms with Crippen LogP contribution in [0.3, 0.4) is 0 Å². The van der Waals surface area contributed by atoms with Crippen LogP contribution in [0.4, 0.5) is 4.79 Å². The van der Waals surface area contributed by atoms with Gasteiger partial charge < -0.3 is 19.7 Å². The van der Waals surface area contributed by atoms with Crippen LogP contribution in [0.1, 0.15) is 50.8 Å². The summed E-state index contributed by atoms with van der Waals surface area (Å²) in [5.74, 6) is 2.10. The Bertz CT molecular complexity index is 1150. The van der Waals surface area contributed by atoms with Gasteiger partial charge in [0, 0.05) is 24.2 Å². The number of rotatable bonds is 8. The summed E-state index contributed by atoms with van der Waals surface area (Å²) in [6.45, 7) is 7.58. The van der Waals surface area contributed by atoms with E-state index in [9.17, 15) is 9.59 Å². The molecule has 0 spiro atoms. The highest BCUT2D eigenvalue weighted by atomic mass is 35.5. The molecule has 3 amide bonds. The van der Waals surface area contributed by atoms with Gasteiger partial charge in [-0.05, 0) is 55.5 Å². The van der Waals surface area contributed by atoms with E-state index in [0.717, 1.165) is 18.4 Å². The van der Waals surface area contributed by atoms with Gasteiger partial charge in [-0.1, -0.05) is 37.6 Å². The Kier molecular flexibility index (Phi) is 8.59. The molecule has 0 aliphatic carbocycles. The number of hydrogen-bond acceptors (Lipinski definition) is 5. The predicted octanol–water partition coefficient (Wildman–Crippen LogP) is 4.91. The molecule has 2 aliphatic heterocycles. The van der Waals surface area contributed by atoms with E-state index in [-0.39, 0.29) is 30.6 Å². The number of aliphatic imine (C=N–C) groups is 1. The van der Waals surface area contributed by atoms with Crippen LogP contribution in [0.5, 0.6) is 11.5 Å². The number of methoxy groups -OCH3 is 1. The number of nitrogens with zero attached hydrogens (tertiary/aromatic N) is 3. The molecule has 0 saturated carbocycles. The Morgan fingerprint density at radius 1 is 1.22 bits per heavy atom. The number of urea groups is 1. The number of carbonyl (C=O) groups excluding carboxylic acids is 2. The van der Waals surface area contributed by atoms with Crippen LogP contribution in [0.2, 0.25) is 5.02 Å². The number of carbonyl (C=O) groups is 2. The highest BCUT2D eigenvalue weighted by Crippen LogP contribution is 2.40. The third-order valence-corrected chi connectivity index (χ3v) is 6.91. The van der Waals surface area contributed by atoms with Crippen molar-refractivity contribution >= 4 is 29.4 Å². The molecular weight excluding hydrogens is 492 g/mol. The van der Waals surface area contributed by atoms with E-state index >= 15 is 0 Å². The molecule has 1 N–H and O–H groups in total. The van der Waals surface area contributed by atoms with Gasteiger partial charge in [-0.3, -0.25) is 14.7 Å². The number of amidine groups is 1. The summed E-state index contributed by atoms with van der Waals surface area (Å²) in [5, 5.41) is 3.43. The number of amides is 3. The second-order valence-corrected chi connectivity index (χ2v) is 10.1. The predicted molar refractivity (Wildman–Crippen MR) is 145 cm³/mol. The molecular formula is C28H35ClN4O4. The van der Waals surface area contributed by atoms with Gasteiger partial charge in [0.15, 0.2) is 0 Å². The van der Waals surface area contributed by atoms with Gasteiger partial charge in [0.1, 0.15) is 23.9 Å². The number of ether oxygens (including phenoxy) is 2. The monoisotopic (exact) mass is 526 g/mol. The maximum atomic E-state index is 14.2. The number of nitrogens with one attached hydrogen (secondary N) is 1. The minimum atomic E-state index is -0.347. The quantitative estimate of drug-likeness (QED) is 0.530. The van der Waals surface area contributed by atoms with Crippen molar-refractivity contribution in [1.82, 2.24) is 15.1 Å². The van der Waals surface area contributed by atoms with Gasteiger partial charge in [-0.2, -0.15) is 0 Å². The minimum Gasteiger partial charge on any atom is -0.497 e. The molecule has 8 nitrogen and oxygen atoms in total. The van der Waals surface area contributed by atoms with Crippen molar-refractivity contribution in [2.75, 3.05) is 33.4 Å². The fourth-order valence-corrected chi connectivity index (χ4v) is 4.93. The average molecular weight is 527 g/mol. The Hall–Kier alpha value is -3.26. The van der Waals surface area contributed by atoms with Crippen LogP contribution in [-0.2, 0) is 4.79 Å². The third kappa shape index (κ3) is 6.01. The lowest BCUT2D eigenvalue weighted by molar-refractivity contribution is -0.123. The van der Waals surface area contributed by atoms with Crippen LogP contribution >= 0.6 is 11.6 Å². The summed E-state index contributed by atoms with van der Waals surface area (Å²) >= 11 is 6.21. The van der Waals surface area contributed by atoms with Gasteiger partial charge in [0.2, 0.25) is 5.91 Å². The normalized spacial score (nSPS) is 19.6. The smallest absolute Gasteiger partial charge is 0.326 e. The van der Waals surface area contributed by atoms with Crippen LogP contribution in [0, 0.1) is 5.92 Å². The van der Waals surface area contributed by atoms with E-state index < -0.39 is 0 Å². The van der Waals surface area contributed by atoms with Crippen LogP contribution in [0.25, 0.3) is 0 Å². The van der Waals surface area contributed by atoms with Crippen molar-refractivity contribution in [2.24, 2.45) is 10.9 Å². The summed E-state index contributed by atoms with van der Waals surface area (Å²) in [6.07, 6.45) is 1.76. The Morgan fingerprint density at radius 2 is 1.97 bits per heavy atom. The molecule has 1 fully saturated rings. The lowest BCUT2D eigenvalue weighted by Gasteiger charge is -2.36. The van der Waals surface area contributed by atoms with Crippen molar-refractivity contribution in [3.8, 4) is 11.5 Å². The maximum absolute atomic E-state index is 14.2. The van der Waals surface area contributed by atoms with Crippen molar-refractivity contribution in [1.29, 1.82) is 0 Å². The summed E-state index contributed by atoms with van der Waals surface area (Å²) < 4.78 is 11.4. The van der Waals surface area contributed by atoms with E-state index in [0.29, 0.717) is 53.5 Å². The number of hydrogen-bond donors (Lipinski definition) is 1. The first-order valence-electron chi connectivity index (χ1n) is 12.8. The molecule has 0 aromatic heterocycles. The summed E-state index contributed by atoms with van der Waals surface area (Å²) in [5.41, 5.74) is 1.65. The van der Waals surface area contributed by atoms with Crippen molar-refractivity contribution in [3.05, 3.63) is 58.6 Å². The molecule has 1 saturated heterocycles. The molecule has 2 unspecified atom stereocenters.